The lowest BCUT2D eigenvalue weighted by atomic mass is 10.1. The number of rotatable bonds is 41. The van der Waals surface area contributed by atoms with Crippen molar-refractivity contribution in [2.45, 2.75) is 187 Å². The molecule has 0 fully saturated rings. The highest BCUT2D eigenvalue weighted by molar-refractivity contribution is 5.70. The van der Waals surface area contributed by atoms with Crippen LogP contribution in [0.5, 0.6) is 0 Å². The third kappa shape index (κ3) is 39.9. The summed E-state index contributed by atoms with van der Waals surface area (Å²) in [7, 11) is 5.39. The predicted molar refractivity (Wildman–Crippen MR) is 249 cm³/mol. The molecule has 0 aromatic heterocycles. The maximum atomic E-state index is 12.7. The molecule has 0 aliphatic heterocycles. The van der Waals surface area contributed by atoms with Crippen molar-refractivity contribution < 1.29 is 38.2 Å². The number of carbonyl (C=O) groups is 3. The van der Waals surface area contributed by atoms with Crippen LogP contribution in [-0.2, 0) is 28.6 Å². The van der Waals surface area contributed by atoms with E-state index < -0.39 is 18.1 Å². The fourth-order valence-electron chi connectivity index (χ4n) is 6.43. The van der Waals surface area contributed by atoms with E-state index in [1.807, 2.05) is 0 Å². The molecule has 0 aliphatic carbocycles. The summed E-state index contributed by atoms with van der Waals surface area (Å²) in [5.41, 5.74) is 0. The van der Waals surface area contributed by atoms with Gasteiger partial charge in [-0.2, -0.15) is 0 Å². The molecule has 0 heterocycles. The van der Waals surface area contributed by atoms with Crippen LogP contribution in [0.4, 0.5) is 0 Å². The maximum absolute atomic E-state index is 12.7. The predicted octanol–water partition coefficient (Wildman–Crippen LogP) is 12.0. The number of hydrogen-bond donors (Lipinski definition) is 0. The number of likely N-dealkylation sites (N-methyl/N-ethyl adjacent to an activating group) is 1. The third-order valence-corrected chi connectivity index (χ3v) is 10.0. The monoisotopic (exact) mass is 838 g/mol. The van der Waals surface area contributed by atoms with Gasteiger partial charge in [-0.15, -0.1) is 0 Å². The Morgan fingerprint density at radius 1 is 0.500 bits per heavy atom. The van der Waals surface area contributed by atoms with Gasteiger partial charge in [0.2, 0.25) is 0 Å². The van der Waals surface area contributed by atoms with E-state index in [4.69, 9.17) is 14.2 Å². The molecule has 342 valence electrons. The van der Waals surface area contributed by atoms with Gasteiger partial charge in [0, 0.05) is 19.3 Å². The van der Waals surface area contributed by atoms with Gasteiger partial charge in [0.25, 0.3) is 0 Å². The number of ether oxygens (including phenoxy) is 3. The second-order valence-electron chi connectivity index (χ2n) is 16.6. The Hall–Kier alpha value is -3.49. The Balaban J connectivity index is 4.34. The number of esters is 2. The first kappa shape index (κ1) is 56.5. The second kappa shape index (κ2) is 42.2. The minimum Gasteiger partial charge on any atom is -0.544 e. The number of carbonyl (C=O) groups excluding carboxylic acids is 3. The Bertz CT molecular complexity index is 1250. The quantitative estimate of drug-likeness (QED) is 0.0261. The van der Waals surface area contributed by atoms with E-state index in [0.29, 0.717) is 12.8 Å². The lowest BCUT2D eigenvalue weighted by Gasteiger charge is -2.34. The van der Waals surface area contributed by atoms with E-state index in [1.54, 1.807) is 21.1 Å². The van der Waals surface area contributed by atoms with Gasteiger partial charge in [0.15, 0.2) is 6.10 Å². The normalized spacial score (nSPS) is 13.7. The van der Waals surface area contributed by atoms with Crippen LogP contribution < -0.4 is 5.11 Å². The van der Waals surface area contributed by atoms with E-state index in [9.17, 15) is 19.5 Å². The molecular formula is C52H87NO7. The molecule has 0 radical (unpaired) electrons. The van der Waals surface area contributed by atoms with Gasteiger partial charge >= 0.3 is 11.9 Å². The molecule has 8 nitrogen and oxygen atoms in total. The number of unbranched alkanes of at least 4 members (excludes halogenated alkanes) is 13. The topological polar surface area (TPSA) is 102 Å². The molecule has 0 aromatic carbocycles. The molecule has 0 bridgehead atoms. The van der Waals surface area contributed by atoms with Crippen LogP contribution >= 0.6 is 0 Å². The molecule has 8 heteroatoms. The van der Waals surface area contributed by atoms with Crippen molar-refractivity contribution in [3.8, 4) is 0 Å². The van der Waals surface area contributed by atoms with Crippen LogP contribution in [0.25, 0.3) is 0 Å². The van der Waals surface area contributed by atoms with Gasteiger partial charge in [0.05, 0.1) is 40.3 Å². The number of hydrogen-bond acceptors (Lipinski definition) is 7. The Morgan fingerprint density at radius 3 is 1.32 bits per heavy atom. The van der Waals surface area contributed by atoms with Crippen LogP contribution in [0.1, 0.15) is 174 Å². The highest BCUT2D eigenvalue weighted by Gasteiger charge is 2.25. The fraction of sp³-hybridized carbons (Fsp3) is 0.673. The fourth-order valence-corrected chi connectivity index (χ4v) is 6.43. The van der Waals surface area contributed by atoms with Gasteiger partial charge in [0.1, 0.15) is 12.6 Å². The number of carboxylic acids is 1. The molecule has 60 heavy (non-hydrogen) atoms. The summed E-state index contributed by atoms with van der Waals surface area (Å²) in [5, 5.41) is 11.6. The standard InChI is InChI=1S/C52H87NO7/c1-6-8-10-12-14-16-18-20-22-24-25-26-27-29-30-32-34-36-38-40-42-50(54)59-47-48(46-58-45-44-49(52(56)57)53(3,4)5)60-51(55)43-41-39-37-35-33-31-28-23-21-19-17-15-13-11-9-7-2/h8-11,14-17,20-23,31,33,48-49H,6-7,12-13,18-19,24-30,32,34-47H2,1-5H3/b10-8+,11-9+,16-14+,17-15+,22-20+,23-21+,33-31+. The molecular weight excluding hydrogens is 751 g/mol. The smallest absolute Gasteiger partial charge is 0.306 e. The van der Waals surface area contributed by atoms with Gasteiger partial charge in [-0.05, 0) is 83.5 Å². The molecule has 0 N–H and O–H groups in total. The zero-order valence-corrected chi connectivity index (χ0v) is 38.8. The summed E-state index contributed by atoms with van der Waals surface area (Å²) >= 11 is 0. The van der Waals surface area contributed by atoms with Gasteiger partial charge < -0.3 is 28.6 Å². The largest absolute Gasteiger partial charge is 0.544 e. The average Bonchev–Trinajstić information content (AvgIpc) is 3.21. The highest BCUT2D eigenvalue weighted by Crippen LogP contribution is 2.14. The minimum atomic E-state index is -1.13. The Labute approximate surface area is 367 Å². The molecule has 0 rings (SSSR count). The Morgan fingerprint density at radius 2 is 0.883 bits per heavy atom. The first-order valence-electron chi connectivity index (χ1n) is 23.6. The first-order valence-corrected chi connectivity index (χ1v) is 23.6. The van der Waals surface area contributed by atoms with Crippen LogP contribution in [0, 0.1) is 0 Å². The zero-order chi connectivity index (χ0) is 44.2. The van der Waals surface area contributed by atoms with E-state index in [2.05, 4.69) is 98.9 Å². The molecule has 0 amide bonds. The first-order chi connectivity index (χ1) is 29.1. The molecule has 0 saturated heterocycles. The maximum Gasteiger partial charge on any atom is 0.306 e. The summed E-state index contributed by atoms with van der Waals surface area (Å²) in [4.78, 5) is 36.9. The summed E-state index contributed by atoms with van der Waals surface area (Å²) in [5.74, 6) is -1.79. The molecule has 0 aliphatic rings. The van der Waals surface area contributed by atoms with Gasteiger partial charge in [-0.3, -0.25) is 9.59 Å². The van der Waals surface area contributed by atoms with Crippen LogP contribution in [0.2, 0.25) is 0 Å². The van der Waals surface area contributed by atoms with E-state index in [1.165, 1.54) is 51.4 Å². The SMILES string of the molecule is CC/C=C/C/C=C/C/C=C/C/C=C/CCCCCC(=O)OC(COCCC(C(=O)[O-])[N+](C)(C)C)COC(=O)CCCCCCCCCCCC/C=C/C/C=C/C/C=C/CC. The molecule has 2 unspecified atom stereocenters. The van der Waals surface area contributed by atoms with Crippen LogP contribution in [0.15, 0.2) is 85.1 Å². The van der Waals surface area contributed by atoms with Crippen LogP contribution in [-0.4, -0.2) is 75.5 Å². The zero-order valence-electron chi connectivity index (χ0n) is 38.8. The van der Waals surface area contributed by atoms with E-state index in [0.717, 1.165) is 83.5 Å². The number of nitrogens with zero attached hydrogens (tertiary/aromatic N) is 1. The lowest BCUT2D eigenvalue weighted by Crippen LogP contribution is -2.55. The summed E-state index contributed by atoms with van der Waals surface area (Å²) in [6, 6.07) is -0.737. The summed E-state index contributed by atoms with van der Waals surface area (Å²) in [6.07, 6.45) is 54.7. The minimum absolute atomic E-state index is 0.0221. The van der Waals surface area contributed by atoms with Crippen molar-refractivity contribution in [2.24, 2.45) is 0 Å². The van der Waals surface area contributed by atoms with Crippen molar-refractivity contribution in [1.29, 1.82) is 0 Å². The van der Waals surface area contributed by atoms with Crippen molar-refractivity contribution in [1.82, 2.24) is 0 Å². The third-order valence-electron chi connectivity index (χ3n) is 10.0. The number of allylic oxidation sites excluding steroid dienone is 14. The van der Waals surface area contributed by atoms with Crippen molar-refractivity contribution in [3.63, 3.8) is 0 Å². The Kier molecular flexibility index (Phi) is 39.8. The van der Waals surface area contributed by atoms with Crippen molar-refractivity contribution >= 4 is 17.9 Å². The molecule has 2 atom stereocenters. The van der Waals surface area contributed by atoms with Crippen molar-refractivity contribution in [3.05, 3.63) is 85.1 Å². The van der Waals surface area contributed by atoms with Crippen LogP contribution in [0.3, 0.4) is 0 Å². The van der Waals surface area contributed by atoms with E-state index >= 15 is 0 Å². The molecule has 0 spiro atoms. The van der Waals surface area contributed by atoms with Gasteiger partial charge in [-0.25, -0.2) is 0 Å². The summed E-state index contributed by atoms with van der Waals surface area (Å²) in [6.45, 7) is 4.39. The lowest BCUT2D eigenvalue weighted by molar-refractivity contribution is -0.889. The summed E-state index contributed by atoms with van der Waals surface area (Å²) < 4.78 is 17.2. The number of carboxylic acid groups (broad SMARTS) is 1. The number of quaternary nitrogens is 1. The molecule has 0 saturated carbocycles. The highest BCUT2D eigenvalue weighted by atomic mass is 16.6. The van der Waals surface area contributed by atoms with Gasteiger partial charge in [-0.1, -0.05) is 157 Å². The molecule has 0 aromatic rings. The van der Waals surface area contributed by atoms with Crippen molar-refractivity contribution in [2.75, 3.05) is 41.0 Å². The number of aliphatic carboxylic acids is 1. The average molecular weight is 838 g/mol. The van der Waals surface area contributed by atoms with E-state index in [-0.39, 0.29) is 49.1 Å². The second-order valence-corrected chi connectivity index (χ2v) is 16.6.